The van der Waals surface area contributed by atoms with Gasteiger partial charge in [-0.25, -0.2) is 0 Å². The molecule has 1 unspecified atom stereocenters. The van der Waals surface area contributed by atoms with Crippen molar-refractivity contribution in [3.05, 3.63) is 0 Å². The summed E-state index contributed by atoms with van der Waals surface area (Å²) in [6.07, 6.45) is 2.90. The number of aliphatic carboxylic acids is 1. The summed E-state index contributed by atoms with van der Waals surface area (Å²) in [6, 6.07) is 0.717. The molecule has 1 aliphatic heterocycles. The second kappa shape index (κ2) is 6.08. The van der Waals surface area contributed by atoms with Crippen LogP contribution < -0.4 is 0 Å². The van der Waals surface area contributed by atoms with Crippen LogP contribution in [0.15, 0.2) is 0 Å². The molecule has 4 nitrogen and oxygen atoms in total. The Kier molecular flexibility index (Phi) is 5.05. The minimum Gasteiger partial charge on any atom is -0.480 e. The van der Waals surface area contributed by atoms with Gasteiger partial charge in [-0.1, -0.05) is 6.92 Å². The Labute approximate surface area is 91.2 Å². The molecule has 1 aliphatic rings. The van der Waals surface area contributed by atoms with Crippen LogP contribution in [0.2, 0.25) is 0 Å². The standard InChI is InChI=1S/C11H21NO3/c1-3-9(2)12(8-11(13)14)10-4-6-15-7-5-10/h9-10H,3-8H2,1-2H3,(H,13,14). The third-order valence-electron chi connectivity index (χ3n) is 3.13. The van der Waals surface area contributed by atoms with E-state index in [1.54, 1.807) is 0 Å². The molecule has 0 aromatic carbocycles. The number of rotatable bonds is 5. The monoisotopic (exact) mass is 215 g/mol. The van der Waals surface area contributed by atoms with Gasteiger partial charge >= 0.3 is 5.97 Å². The lowest BCUT2D eigenvalue weighted by Gasteiger charge is -2.37. The smallest absolute Gasteiger partial charge is 0.317 e. The van der Waals surface area contributed by atoms with E-state index in [1.165, 1.54) is 0 Å². The molecule has 0 aromatic heterocycles. The van der Waals surface area contributed by atoms with Crippen LogP contribution in [-0.2, 0) is 9.53 Å². The number of ether oxygens (including phenoxy) is 1. The van der Waals surface area contributed by atoms with E-state index < -0.39 is 5.97 Å². The van der Waals surface area contributed by atoms with Crippen molar-refractivity contribution in [3.8, 4) is 0 Å². The molecular formula is C11H21NO3. The molecule has 15 heavy (non-hydrogen) atoms. The summed E-state index contributed by atoms with van der Waals surface area (Å²) >= 11 is 0. The van der Waals surface area contributed by atoms with Gasteiger partial charge in [0, 0.05) is 25.3 Å². The van der Waals surface area contributed by atoms with Gasteiger partial charge in [0.25, 0.3) is 0 Å². The van der Waals surface area contributed by atoms with Crippen LogP contribution in [0.25, 0.3) is 0 Å². The first-order chi connectivity index (χ1) is 7.15. The maximum absolute atomic E-state index is 10.8. The highest BCUT2D eigenvalue weighted by Gasteiger charge is 2.26. The third-order valence-corrected chi connectivity index (χ3v) is 3.13. The molecule has 0 amide bonds. The Hall–Kier alpha value is -0.610. The summed E-state index contributed by atoms with van der Waals surface area (Å²) < 4.78 is 5.29. The summed E-state index contributed by atoms with van der Waals surface area (Å²) in [5.41, 5.74) is 0. The molecular weight excluding hydrogens is 194 g/mol. The van der Waals surface area contributed by atoms with Crippen molar-refractivity contribution in [3.63, 3.8) is 0 Å². The van der Waals surface area contributed by atoms with Gasteiger partial charge in [-0.2, -0.15) is 0 Å². The zero-order chi connectivity index (χ0) is 11.3. The fourth-order valence-electron chi connectivity index (χ4n) is 2.05. The van der Waals surface area contributed by atoms with E-state index in [0.29, 0.717) is 12.1 Å². The van der Waals surface area contributed by atoms with E-state index >= 15 is 0 Å². The molecule has 4 heteroatoms. The van der Waals surface area contributed by atoms with E-state index in [-0.39, 0.29) is 6.54 Å². The van der Waals surface area contributed by atoms with Crippen LogP contribution in [0, 0.1) is 0 Å². The number of hydrogen-bond acceptors (Lipinski definition) is 3. The van der Waals surface area contributed by atoms with E-state index in [1.807, 2.05) is 0 Å². The van der Waals surface area contributed by atoms with E-state index in [4.69, 9.17) is 9.84 Å². The number of carboxylic acids is 1. The SMILES string of the molecule is CCC(C)N(CC(=O)O)C1CCOCC1. The third kappa shape index (κ3) is 3.80. The number of nitrogens with zero attached hydrogens (tertiary/aromatic N) is 1. The molecule has 0 aromatic rings. The molecule has 1 fully saturated rings. The molecule has 1 saturated heterocycles. The average Bonchev–Trinajstić information content (AvgIpc) is 2.26. The Morgan fingerprint density at radius 3 is 2.60 bits per heavy atom. The van der Waals surface area contributed by atoms with Gasteiger partial charge in [0.1, 0.15) is 0 Å². The second-order valence-electron chi connectivity index (χ2n) is 4.17. The Bertz CT molecular complexity index is 202. The van der Waals surface area contributed by atoms with Crippen LogP contribution in [0.3, 0.4) is 0 Å². The van der Waals surface area contributed by atoms with Gasteiger partial charge in [0.2, 0.25) is 0 Å². The fraction of sp³-hybridized carbons (Fsp3) is 0.909. The van der Waals surface area contributed by atoms with Gasteiger partial charge in [-0.3, -0.25) is 9.69 Å². The maximum Gasteiger partial charge on any atom is 0.317 e. The zero-order valence-electron chi connectivity index (χ0n) is 9.61. The summed E-state index contributed by atoms with van der Waals surface area (Å²) in [6.45, 7) is 5.87. The molecule has 1 atom stereocenters. The lowest BCUT2D eigenvalue weighted by atomic mass is 10.0. The molecule has 0 spiro atoms. The highest BCUT2D eigenvalue weighted by Crippen LogP contribution is 2.18. The van der Waals surface area contributed by atoms with Crippen LogP contribution in [0.1, 0.15) is 33.1 Å². The van der Waals surface area contributed by atoms with Crippen LogP contribution in [-0.4, -0.2) is 47.8 Å². The molecule has 1 N–H and O–H groups in total. The van der Waals surface area contributed by atoms with E-state index in [0.717, 1.165) is 32.5 Å². The first-order valence-electron chi connectivity index (χ1n) is 5.70. The van der Waals surface area contributed by atoms with Gasteiger partial charge < -0.3 is 9.84 Å². The summed E-state index contributed by atoms with van der Waals surface area (Å²) in [5, 5.41) is 8.89. The first kappa shape index (κ1) is 12.5. The Morgan fingerprint density at radius 2 is 2.13 bits per heavy atom. The van der Waals surface area contributed by atoms with Crippen molar-refractivity contribution >= 4 is 5.97 Å². The highest BCUT2D eigenvalue weighted by molar-refractivity contribution is 5.69. The van der Waals surface area contributed by atoms with E-state index in [2.05, 4.69) is 18.7 Å². The van der Waals surface area contributed by atoms with Crippen molar-refractivity contribution < 1.29 is 14.6 Å². The summed E-state index contributed by atoms with van der Waals surface area (Å²) in [4.78, 5) is 12.9. The highest BCUT2D eigenvalue weighted by atomic mass is 16.5. The molecule has 1 heterocycles. The van der Waals surface area contributed by atoms with Gasteiger partial charge in [0.05, 0.1) is 6.54 Å². The maximum atomic E-state index is 10.8. The predicted octanol–water partition coefficient (Wildman–Crippen LogP) is 1.35. The van der Waals surface area contributed by atoms with Crippen LogP contribution >= 0.6 is 0 Å². The van der Waals surface area contributed by atoms with Crippen molar-refractivity contribution in [1.82, 2.24) is 4.90 Å². The minimum absolute atomic E-state index is 0.152. The molecule has 0 aliphatic carbocycles. The molecule has 0 bridgehead atoms. The predicted molar refractivity (Wildman–Crippen MR) is 57.9 cm³/mol. The van der Waals surface area contributed by atoms with Crippen LogP contribution in [0.5, 0.6) is 0 Å². The molecule has 0 saturated carbocycles. The molecule has 1 rings (SSSR count). The molecule has 0 radical (unpaired) electrons. The summed E-state index contributed by atoms with van der Waals surface area (Å²) in [7, 11) is 0. The van der Waals surface area contributed by atoms with Gasteiger partial charge in [0.15, 0.2) is 0 Å². The normalized spacial score (nSPS) is 20.5. The second-order valence-corrected chi connectivity index (χ2v) is 4.17. The number of carboxylic acid groups (broad SMARTS) is 1. The quantitative estimate of drug-likeness (QED) is 0.752. The van der Waals surface area contributed by atoms with Crippen LogP contribution in [0.4, 0.5) is 0 Å². The zero-order valence-corrected chi connectivity index (χ0v) is 9.61. The number of carbonyl (C=O) groups is 1. The van der Waals surface area contributed by atoms with Crippen molar-refractivity contribution in [2.75, 3.05) is 19.8 Å². The topological polar surface area (TPSA) is 49.8 Å². The fourth-order valence-corrected chi connectivity index (χ4v) is 2.05. The average molecular weight is 215 g/mol. The summed E-state index contributed by atoms with van der Waals surface area (Å²) in [5.74, 6) is -0.734. The largest absolute Gasteiger partial charge is 0.480 e. The van der Waals surface area contributed by atoms with Gasteiger partial charge in [-0.15, -0.1) is 0 Å². The number of hydrogen-bond donors (Lipinski definition) is 1. The van der Waals surface area contributed by atoms with Gasteiger partial charge in [-0.05, 0) is 26.2 Å². The minimum atomic E-state index is -0.734. The Morgan fingerprint density at radius 1 is 1.53 bits per heavy atom. The van der Waals surface area contributed by atoms with E-state index in [9.17, 15) is 4.79 Å². The lowest BCUT2D eigenvalue weighted by Crippen LogP contribution is -2.46. The first-order valence-corrected chi connectivity index (χ1v) is 5.70. The van der Waals surface area contributed by atoms with Crippen molar-refractivity contribution in [2.45, 2.75) is 45.2 Å². The van der Waals surface area contributed by atoms with Crippen molar-refractivity contribution in [2.24, 2.45) is 0 Å². The van der Waals surface area contributed by atoms with Crippen molar-refractivity contribution in [1.29, 1.82) is 0 Å². The lowest BCUT2D eigenvalue weighted by molar-refractivity contribution is -0.140. The molecule has 88 valence electrons. The Balaban J connectivity index is 2.56.